The van der Waals surface area contributed by atoms with Crippen LogP contribution in [-0.4, -0.2) is 64.9 Å². The monoisotopic (exact) mass is 588 g/mol. The van der Waals surface area contributed by atoms with Crippen LogP contribution in [0.3, 0.4) is 0 Å². The molecule has 0 aromatic heterocycles. The third-order valence-corrected chi connectivity index (χ3v) is 5.87. The van der Waals surface area contributed by atoms with Gasteiger partial charge in [-0.15, -0.1) is 23.2 Å². The number of hydrogen-bond donors (Lipinski definition) is 1. The molecule has 0 aliphatic carbocycles. The number of alkyl halides is 5. The molecular formula is C26H29Cl2F3N4O4. The molecule has 39 heavy (non-hydrogen) atoms. The Morgan fingerprint density at radius 3 is 2.33 bits per heavy atom. The number of carbonyl (C=O) groups excluding carboxylic acids is 2. The lowest BCUT2D eigenvalue weighted by atomic mass is 10.0. The van der Waals surface area contributed by atoms with Crippen LogP contribution in [0.25, 0.3) is 0 Å². The van der Waals surface area contributed by atoms with E-state index in [0.29, 0.717) is 36.6 Å². The van der Waals surface area contributed by atoms with E-state index in [9.17, 15) is 22.8 Å². The van der Waals surface area contributed by atoms with Gasteiger partial charge in [0.2, 0.25) is 0 Å². The topological polar surface area (TPSA) is 83.5 Å². The molecule has 13 heteroatoms. The highest BCUT2D eigenvalue weighted by molar-refractivity contribution is 6.44. The number of carbonyl (C=O) groups is 2. The quantitative estimate of drug-likeness (QED) is 0.310. The summed E-state index contributed by atoms with van der Waals surface area (Å²) in [4.78, 5) is 26.5. The van der Waals surface area contributed by atoms with E-state index in [1.165, 1.54) is 4.90 Å². The summed E-state index contributed by atoms with van der Waals surface area (Å²) in [6, 6.07) is 9.79. The second-order valence-corrected chi connectivity index (χ2v) is 9.90. The highest BCUT2D eigenvalue weighted by atomic mass is 35.5. The molecule has 1 aliphatic rings. The van der Waals surface area contributed by atoms with Crippen molar-refractivity contribution < 1.29 is 32.2 Å². The van der Waals surface area contributed by atoms with Crippen molar-refractivity contribution in [2.45, 2.75) is 43.7 Å². The van der Waals surface area contributed by atoms with Crippen molar-refractivity contribution in [2.24, 2.45) is 5.10 Å². The molecule has 1 N–H and O–H groups in total. The molecule has 2 aromatic rings. The van der Waals surface area contributed by atoms with Crippen molar-refractivity contribution in [3.05, 3.63) is 59.7 Å². The fourth-order valence-electron chi connectivity index (χ4n) is 3.82. The molecule has 3 amide bonds. The van der Waals surface area contributed by atoms with Crippen molar-refractivity contribution in [3.63, 3.8) is 0 Å². The van der Waals surface area contributed by atoms with E-state index in [0.717, 1.165) is 35.7 Å². The number of hydrogen-bond acceptors (Lipinski definition) is 5. The van der Waals surface area contributed by atoms with Crippen LogP contribution in [0.5, 0.6) is 5.75 Å². The first kappa shape index (κ1) is 30.4. The normalized spacial score (nSPS) is 15.2. The minimum Gasteiger partial charge on any atom is -0.494 e. The van der Waals surface area contributed by atoms with Gasteiger partial charge in [0, 0.05) is 17.8 Å². The molecule has 1 atom stereocenters. The van der Waals surface area contributed by atoms with Gasteiger partial charge in [-0.3, -0.25) is 4.90 Å². The average Bonchev–Trinajstić information content (AvgIpc) is 3.34. The average molecular weight is 589 g/mol. The van der Waals surface area contributed by atoms with Gasteiger partial charge in [-0.1, -0.05) is 13.8 Å². The number of nitrogens with one attached hydrogen (secondary N) is 1. The van der Waals surface area contributed by atoms with Gasteiger partial charge in [0.1, 0.15) is 17.2 Å². The predicted octanol–water partition coefficient (Wildman–Crippen LogP) is 6.77. The molecule has 0 saturated carbocycles. The largest absolute Gasteiger partial charge is 0.494 e. The molecule has 212 valence electrons. The number of rotatable bonds is 10. The molecule has 0 fully saturated rings. The molecular weight excluding hydrogens is 560 g/mol. The summed E-state index contributed by atoms with van der Waals surface area (Å²) in [7, 11) is 0. The molecule has 0 radical (unpaired) electrons. The Labute approximate surface area is 234 Å². The summed E-state index contributed by atoms with van der Waals surface area (Å²) >= 11 is 11.5. The first-order chi connectivity index (χ1) is 18.5. The van der Waals surface area contributed by atoms with Gasteiger partial charge in [0.25, 0.3) is 0 Å². The zero-order valence-electron chi connectivity index (χ0n) is 21.4. The van der Waals surface area contributed by atoms with Crippen molar-refractivity contribution in [3.8, 4) is 5.75 Å². The second kappa shape index (κ2) is 13.7. The number of amides is 3. The lowest BCUT2D eigenvalue weighted by Gasteiger charge is -2.29. The molecule has 0 bridgehead atoms. The van der Waals surface area contributed by atoms with Gasteiger partial charge in [-0.25, -0.2) is 14.6 Å². The van der Waals surface area contributed by atoms with Crippen LogP contribution in [-0.2, 0) is 10.9 Å². The number of ether oxygens (including phenoxy) is 2. The maximum absolute atomic E-state index is 13.1. The molecule has 8 nitrogen and oxygen atoms in total. The van der Waals surface area contributed by atoms with E-state index in [2.05, 4.69) is 10.4 Å². The zero-order valence-corrected chi connectivity index (χ0v) is 22.9. The number of hydrazone groups is 1. The van der Waals surface area contributed by atoms with Gasteiger partial charge >= 0.3 is 18.3 Å². The molecule has 2 aromatic carbocycles. The van der Waals surface area contributed by atoms with Crippen LogP contribution in [0.4, 0.5) is 28.4 Å². The fraction of sp³-hybridized carbons (Fsp3) is 0.423. The van der Waals surface area contributed by atoms with E-state index < -0.39 is 34.7 Å². The predicted molar refractivity (Wildman–Crippen MR) is 144 cm³/mol. The summed E-state index contributed by atoms with van der Waals surface area (Å²) in [5.74, 6) is 0.660. The lowest BCUT2D eigenvalue weighted by Crippen LogP contribution is -2.48. The summed E-state index contributed by atoms with van der Waals surface area (Å²) in [6.07, 6.45) is -3.73. The fourth-order valence-corrected chi connectivity index (χ4v) is 3.94. The minimum atomic E-state index is -4.49. The van der Waals surface area contributed by atoms with E-state index >= 15 is 0 Å². The molecule has 1 heterocycles. The number of halogens is 5. The molecule has 1 unspecified atom stereocenters. The molecule has 0 saturated heterocycles. The Kier molecular flexibility index (Phi) is 10.7. The van der Waals surface area contributed by atoms with Crippen molar-refractivity contribution in [1.82, 2.24) is 9.91 Å². The maximum atomic E-state index is 13.1. The lowest BCUT2D eigenvalue weighted by molar-refractivity contribution is -0.137. The first-order valence-corrected chi connectivity index (χ1v) is 13.2. The highest BCUT2D eigenvalue weighted by Crippen LogP contribution is 2.30. The summed E-state index contributed by atoms with van der Waals surface area (Å²) in [6.45, 7) is 4.49. The molecule has 0 spiro atoms. The first-order valence-electron chi connectivity index (χ1n) is 12.3. The van der Waals surface area contributed by atoms with Crippen LogP contribution in [0.2, 0.25) is 0 Å². The van der Waals surface area contributed by atoms with E-state index in [1.54, 1.807) is 24.3 Å². The van der Waals surface area contributed by atoms with Crippen LogP contribution in [0, 0.1) is 0 Å². The van der Waals surface area contributed by atoms with Gasteiger partial charge in [-0.2, -0.15) is 18.3 Å². The van der Waals surface area contributed by atoms with Crippen molar-refractivity contribution >= 4 is 46.7 Å². The third-order valence-electron chi connectivity index (χ3n) is 5.62. The smallest absolute Gasteiger partial charge is 0.416 e. The number of urea groups is 1. The Morgan fingerprint density at radius 2 is 1.77 bits per heavy atom. The Bertz CT molecular complexity index is 1150. The Hall–Kier alpha value is -3.18. The van der Waals surface area contributed by atoms with Gasteiger partial charge in [-0.05, 0) is 61.4 Å². The number of benzene rings is 2. The van der Waals surface area contributed by atoms with Gasteiger partial charge < -0.3 is 14.8 Å². The van der Waals surface area contributed by atoms with E-state index in [-0.39, 0.29) is 18.8 Å². The molecule has 3 rings (SSSR count). The summed E-state index contributed by atoms with van der Waals surface area (Å²) < 4.78 is 49.5. The van der Waals surface area contributed by atoms with Crippen molar-refractivity contribution in [1.29, 1.82) is 0 Å². The highest BCUT2D eigenvalue weighted by Gasteiger charge is 2.38. The van der Waals surface area contributed by atoms with E-state index in [4.69, 9.17) is 32.7 Å². The standard InChI is InChI=1S/C26H29Cl2F3N4O4/c1-3-13-34(25(37)39-16-22(27)28)21-15-35(24(36)32-19-9-7-18(8-10-19)26(29,30)31)33-23(21)17-5-11-20(12-6-17)38-14-4-2/h5-12,21-22H,3-4,13-16H2,1-2H3,(H,32,36). The Balaban J connectivity index is 1.87. The van der Waals surface area contributed by atoms with E-state index in [1.807, 2.05) is 13.8 Å². The van der Waals surface area contributed by atoms with Gasteiger partial charge in [0.15, 0.2) is 0 Å². The van der Waals surface area contributed by atoms with Gasteiger partial charge in [0.05, 0.1) is 30.5 Å². The van der Waals surface area contributed by atoms with Crippen LogP contribution in [0.1, 0.15) is 37.8 Å². The maximum Gasteiger partial charge on any atom is 0.416 e. The zero-order chi connectivity index (χ0) is 28.6. The van der Waals surface area contributed by atoms with Crippen LogP contribution >= 0.6 is 23.2 Å². The van der Waals surface area contributed by atoms with Crippen molar-refractivity contribution in [2.75, 3.05) is 31.6 Å². The molecule has 1 aliphatic heterocycles. The summed E-state index contributed by atoms with van der Waals surface area (Å²) in [5, 5.41) is 8.16. The number of nitrogens with zero attached hydrogens (tertiary/aromatic N) is 3. The SMILES string of the molecule is CCCOc1ccc(C2=NN(C(=O)Nc3ccc(C(F)(F)F)cc3)CC2N(CCC)C(=O)OCC(Cl)Cl)cc1. The Morgan fingerprint density at radius 1 is 1.10 bits per heavy atom. The third kappa shape index (κ3) is 8.40. The number of anilines is 1. The summed E-state index contributed by atoms with van der Waals surface area (Å²) in [5.41, 5.74) is 0.400. The van der Waals surface area contributed by atoms with Crippen LogP contribution < -0.4 is 10.1 Å². The minimum absolute atomic E-state index is 0.0177. The van der Waals surface area contributed by atoms with Crippen LogP contribution in [0.15, 0.2) is 53.6 Å². The second-order valence-electron chi connectivity index (χ2n) is 8.62.